The van der Waals surface area contributed by atoms with Crippen LogP contribution in [0.3, 0.4) is 0 Å². The Hall–Kier alpha value is -7.15. The number of hydrogen-bond acceptors (Lipinski definition) is 4. The molecule has 0 unspecified atom stereocenters. The van der Waals surface area contributed by atoms with E-state index in [0.29, 0.717) is 17.6 Å². The summed E-state index contributed by atoms with van der Waals surface area (Å²) < 4.78 is 7.26. The summed E-state index contributed by atoms with van der Waals surface area (Å²) in [6.07, 6.45) is 2.31. The second-order valence-corrected chi connectivity index (χ2v) is 19.8. The van der Waals surface area contributed by atoms with Crippen LogP contribution in [-0.4, -0.2) is 24.1 Å². The Bertz CT molecular complexity index is 3850. The lowest BCUT2D eigenvalue weighted by molar-refractivity contribution is 0.332. The molecule has 5 nitrogen and oxygen atoms in total. The topological polar surface area (TPSA) is 48.5 Å². The summed E-state index contributed by atoms with van der Waals surface area (Å²) >= 11 is 1.81. The summed E-state index contributed by atoms with van der Waals surface area (Å²) in [4.78, 5) is 16.2. The molecule has 0 atom stereocenters. The summed E-state index contributed by atoms with van der Waals surface area (Å²) in [5, 5.41) is 9.61. The van der Waals surface area contributed by atoms with Crippen molar-refractivity contribution in [3.05, 3.63) is 175 Å². The third kappa shape index (κ3) is 5.37. The van der Waals surface area contributed by atoms with E-state index in [1.54, 1.807) is 0 Å². The molecule has 8 aromatic carbocycles. The molecule has 4 aromatic heterocycles. The van der Waals surface area contributed by atoms with Gasteiger partial charge in [0.05, 0.1) is 22.1 Å². The lowest BCUT2D eigenvalue weighted by Gasteiger charge is -2.42. The Morgan fingerprint density at radius 1 is 0.444 bits per heavy atom. The summed E-state index contributed by atoms with van der Waals surface area (Å²) in [6.45, 7) is 9.69. The smallest absolute Gasteiger partial charge is 0.238 e. The lowest BCUT2D eigenvalue weighted by Crippen LogP contribution is -2.33. The van der Waals surface area contributed by atoms with E-state index < -0.39 is 0 Å². The molecule has 12 aromatic rings. The van der Waals surface area contributed by atoms with Crippen molar-refractivity contribution in [2.75, 3.05) is 0 Å². The van der Waals surface area contributed by atoms with Crippen LogP contribution in [0.2, 0.25) is 0 Å². The SMILES string of the molecule is CC1(C)CCC(C)(C)c2cc3c(cc21)c1cc2c(cc1n3-c1ccccc1)c1c3ccccc3ccc1n2-c1nc(-c2ccccc2)nc(-c2cccc3sc4ccccc4c23)n1. The summed E-state index contributed by atoms with van der Waals surface area (Å²) in [7, 11) is 0. The van der Waals surface area contributed by atoms with Crippen molar-refractivity contribution in [1.29, 1.82) is 0 Å². The highest BCUT2D eigenvalue weighted by molar-refractivity contribution is 7.25. The van der Waals surface area contributed by atoms with Crippen LogP contribution in [0, 0.1) is 0 Å². The number of fused-ring (bicyclic) bond motifs is 12. The molecule has 1 aliphatic rings. The number of para-hydroxylation sites is 1. The molecule has 0 saturated heterocycles. The molecule has 0 saturated carbocycles. The number of thiophene rings is 1. The van der Waals surface area contributed by atoms with Gasteiger partial charge in [0.2, 0.25) is 5.95 Å². The van der Waals surface area contributed by atoms with Crippen LogP contribution in [0.1, 0.15) is 51.7 Å². The van der Waals surface area contributed by atoms with Gasteiger partial charge in [0.15, 0.2) is 11.6 Å². The Morgan fingerprint density at radius 3 is 1.87 bits per heavy atom. The fourth-order valence-corrected chi connectivity index (χ4v) is 11.8. The van der Waals surface area contributed by atoms with Crippen molar-refractivity contribution in [3.63, 3.8) is 0 Å². The monoisotopic (exact) mass is 829 g/mol. The van der Waals surface area contributed by atoms with Gasteiger partial charge < -0.3 is 4.57 Å². The Balaban J connectivity index is 1.19. The maximum atomic E-state index is 5.52. The van der Waals surface area contributed by atoms with E-state index in [2.05, 4.69) is 195 Å². The minimum absolute atomic E-state index is 0.0594. The first kappa shape index (κ1) is 36.5. The first-order chi connectivity index (χ1) is 30.7. The van der Waals surface area contributed by atoms with Gasteiger partial charge in [0.25, 0.3) is 0 Å². The molecule has 63 heavy (non-hydrogen) atoms. The molecular formula is C57H43N5S. The number of benzene rings is 8. The van der Waals surface area contributed by atoms with Gasteiger partial charge >= 0.3 is 0 Å². The van der Waals surface area contributed by atoms with Gasteiger partial charge in [-0.1, -0.05) is 137 Å². The molecule has 0 spiro atoms. The Labute approximate surface area is 368 Å². The van der Waals surface area contributed by atoms with Crippen molar-refractivity contribution in [2.45, 2.75) is 51.4 Å². The molecule has 0 fully saturated rings. The highest BCUT2D eigenvalue weighted by Crippen LogP contribution is 2.50. The lowest BCUT2D eigenvalue weighted by atomic mass is 9.63. The number of nitrogens with zero attached hydrogens (tertiary/aromatic N) is 5. The molecule has 4 heterocycles. The molecule has 13 rings (SSSR count). The Morgan fingerprint density at radius 2 is 1.06 bits per heavy atom. The zero-order chi connectivity index (χ0) is 42.2. The van der Waals surface area contributed by atoms with Crippen LogP contribution in [0.4, 0.5) is 0 Å². The van der Waals surface area contributed by atoms with Crippen LogP contribution in [0.5, 0.6) is 0 Å². The minimum atomic E-state index is 0.0594. The fourth-order valence-electron chi connectivity index (χ4n) is 10.7. The summed E-state index contributed by atoms with van der Waals surface area (Å²) in [5.41, 5.74) is 10.7. The van der Waals surface area contributed by atoms with Crippen molar-refractivity contribution in [3.8, 4) is 34.4 Å². The first-order valence-electron chi connectivity index (χ1n) is 22.0. The molecule has 0 N–H and O–H groups in total. The van der Waals surface area contributed by atoms with Gasteiger partial charge in [-0.25, -0.2) is 4.98 Å². The van der Waals surface area contributed by atoms with Gasteiger partial charge in [-0.15, -0.1) is 11.3 Å². The van der Waals surface area contributed by atoms with E-state index in [4.69, 9.17) is 15.0 Å². The summed E-state index contributed by atoms with van der Waals surface area (Å²) in [6, 6.07) is 59.5. The van der Waals surface area contributed by atoms with Crippen molar-refractivity contribution >= 4 is 85.9 Å². The van der Waals surface area contributed by atoms with Crippen LogP contribution in [0.25, 0.3) is 109 Å². The maximum absolute atomic E-state index is 5.52. The largest absolute Gasteiger partial charge is 0.309 e. The zero-order valence-corrected chi connectivity index (χ0v) is 36.5. The number of aromatic nitrogens is 5. The second-order valence-electron chi connectivity index (χ2n) is 18.7. The maximum Gasteiger partial charge on any atom is 0.238 e. The number of rotatable bonds is 4. The van der Waals surface area contributed by atoms with Crippen LogP contribution >= 0.6 is 11.3 Å². The van der Waals surface area contributed by atoms with Gasteiger partial charge in [-0.05, 0) is 100 Å². The third-order valence-corrected chi connectivity index (χ3v) is 15.2. The average molecular weight is 830 g/mol. The minimum Gasteiger partial charge on any atom is -0.309 e. The molecular weight excluding hydrogens is 787 g/mol. The molecule has 6 heteroatoms. The predicted molar refractivity (Wildman–Crippen MR) is 265 cm³/mol. The molecule has 302 valence electrons. The van der Waals surface area contributed by atoms with Gasteiger partial charge in [0, 0.05) is 58.5 Å². The second kappa shape index (κ2) is 13.2. The van der Waals surface area contributed by atoms with E-state index >= 15 is 0 Å². The zero-order valence-electron chi connectivity index (χ0n) is 35.6. The molecule has 1 aliphatic carbocycles. The summed E-state index contributed by atoms with van der Waals surface area (Å²) in [5.74, 6) is 1.89. The molecule has 0 amide bonds. The number of hydrogen-bond donors (Lipinski definition) is 0. The standard InChI is InChI=1S/C57H43N5S/c1-56(2)28-29-57(3,4)44-33-48-40(30-43(44)56)41-31-47-42(32-46(41)61(48)36-19-9-6-10-20-36)51-37-21-12-11-16-34(37)26-27-45(51)62(47)55-59-53(35-17-7-5-8-18-35)58-54(60-55)39-23-15-25-50-52(39)38-22-13-14-24-49(38)63-50/h5-27,30-33H,28-29H2,1-4H3. The van der Waals surface area contributed by atoms with E-state index in [0.717, 1.165) is 46.1 Å². The molecule has 0 bridgehead atoms. The van der Waals surface area contributed by atoms with Crippen molar-refractivity contribution in [2.24, 2.45) is 0 Å². The van der Waals surface area contributed by atoms with Gasteiger partial charge in [-0.3, -0.25) is 4.57 Å². The Kier molecular flexibility index (Phi) is 7.64. The van der Waals surface area contributed by atoms with E-state index in [9.17, 15) is 0 Å². The van der Waals surface area contributed by atoms with Crippen molar-refractivity contribution < 1.29 is 0 Å². The normalized spacial score (nSPS) is 14.8. The first-order valence-corrected chi connectivity index (χ1v) is 22.8. The average Bonchev–Trinajstić information content (AvgIpc) is 3.97. The quantitative estimate of drug-likeness (QED) is 0.178. The third-order valence-electron chi connectivity index (χ3n) is 14.0. The highest BCUT2D eigenvalue weighted by atomic mass is 32.1. The van der Waals surface area contributed by atoms with Gasteiger partial charge in [0.1, 0.15) is 0 Å². The van der Waals surface area contributed by atoms with Crippen LogP contribution in [0.15, 0.2) is 164 Å². The van der Waals surface area contributed by atoms with Gasteiger partial charge in [-0.2, -0.15) is 9.97 Å². The van der Waals surface area contributed by atoms with Crippen LogP contribution in [-0.2, 0) is 10.8 Å². The van der Waals surface area contributed by atoms with E-state index in [-0.39, 0.29) is 10.8 Å². The molecule has 0 aliphatic heterocycles. The molecule has 0 radical (unpaired) electrons. The van der Waals surface area contributed by atoms with Crippen LogP contribution < -0.4 is 0 Å². The highest BCUT2D eigenvalue weighted by Gasteiger charge is 2.38. The van der Waals surface area contributed by atoms with Crippen molar-refractivity contribution in [1.82, 2.24) is 24.1 Å². The predicted octanol–water partition coefficient (Wildman–Crippen LogP) is 15.3. The fraction of sp³-hybridized carbons (Fsp3) is 0.140. The van der Waals surface area contributed by atoms with E-state index in [1.165, 1.54) is 69.3 Å². The van der Waals surface area contributed by atoms with E-state index in [1.807, 2.05) is 17.4 Å².